The lowest BCUT2D eigenvalue weighted by atomic mass is 10.1. The third kappa shape index (κ3) is 7.58. The topological polar surface area (TPSA) is 126 Å². The Labute approximate surface area is 173 Å². The average Bonchev–Trinajstić information content (AvgIpc) is 2.69. The summed E-state index contributed by atoms with van der Waals surface area (Å²) in [7, 11) is -3.80. The van der Waals surface area contributed by atoms with Crippen LogP contribution in [0.5, 0.6) is 5.75 Å². The first-order valence-electron chi connectivity index (χ1n) is 9.05. The molecule has 0 radical (unpaired) electrons. The molecule has 0 aliphatic rings. The lowest BCUT2D eigenvalue weighted by Gasteiger charge is -2.16. The van der Waals surface area contributed by atoms with E-state index in [0.29, 0.717) is 23.6 Å². The van der Waals surface area contributed by atoms with Crippen molar-refractivity contribution >= 4 is 16.0 Å². The van der Waals surface area contributed by atoms with Crippen molar-refractivity contribution in [3.05, 3.63) is 59.7 Å². The number of hydrogen-bond acceptors (Lipinski definition) is 5. The number of alkyl halides is 2. The molecule has 0 aliphatic carbocycles. The van der Waals surface area contributed by atoms with Crippen LogP contribution in [0.4, 0.5) is 8.78 Å². The molecule has 1 unspecified atom stereocenters. The first-order chi connectivity index (χ1) is 14.2. The van der Waals surface area contributed by atoms with Gasteiger partial charge >= 0.3 is 6.61 Å². The fourth-order valence-electron chi connectivity index (χ4n) is 2.52. The van der Waals surface area contributed by atoms with Crippen molar-refractivity contribution in [2.75, 3.05) is 13.1 Å². The number of nitrogens with zero attached hydrogens (tertiary/aromatic N) is 1. The summed E-state index contributed by atoms with van der Waals surface area (Å²) in [4.78, 5) is 4.37. The van der Waals surface area contributed by atoms with E-state index in [-0.39, 0.29) is 23.7 Å². The molecule has 2 aromatic rings. The van der Waals surface area contributed by atoms with Gasteiger partial charge in [0.2, 0.25) is 10.0 Å². The Morgan fingerprint density at radius 3 is 2.50 bits per heavy atom. The van der Waals surface area contributed by atoms with Gasteiger partial charge in [0.25, 0.3) is 0 Å². The van der Waals surface area contributed by atoms with Crippen LogP contribution in [0.2, 0.25) is 0 Å². The van der Waals surface area contributed by atoms with E-state index in [0.717, 1.165) is 0 Å². The third-order valence-electron chi connectivity index (χ3n) is 3.94. The van der Waals surface area contributed by atoms with Crippen LogP contribution in [0.1, 0.15) is 24.2 Å². The Morgan fingerprint density at radius 1 is 1.20 bits per heavy atom. The summed E-state index contributed by atoms with van der Waals surface area (Å²) in [5.74, 6) is 0.417. The molecule has 5 N–H and O–H groups in total. The van der Waals surface area contributed by atoms with Gasteiger partial charge in [-0.05, 0) is 42.3 Å². The number of primary sulfonamides is 1. The van der Waals surface area contributed by atoms with Crippen LogP contribution in [0, 0.1) is 0 Å². The molecule has 0 spiro atoms. The number of halogens is 2. The molecule has 30 heavy (non-hydrogen) atoms. The van der Waals surface area contributed by atoms with E-state index >= 15 is 0 Å². The van der Waals surface area contributed by atoms with Crippen molar-refractivity contribution in [2.24, 2.45) is 10.1 Å². The van der Waals surface area contributed by atoms with Crippen LogP contribution in [-0.2, 0) is 16.6 Å². The molecule has 0 saturated heterocycles. The molecule has 2 rings (SSSR count). The molecule has 0 bridgehead atoms. The number of rotatable bonds is 9. The van der Waals surface area contributed by atoms with Crippen LogP contribution in [-0.4, -0.2) is 39.2 Å². The summed E-state index contributed by atoms with van der Waals surface area (Å²) in [5, 5.41) is 21.4. The van der Waals surface area contributed by atoms with Crippen LogP contribution < -0.4 is 20.5 Å². The Bertz CT molecular complexity index is 953. The molecule has 0 saturated carbocycles. The van der Waals surface area contributed by atoms with Crippen molar-refractivity contribution < 1.29 is 27.0 Å². The van der Waals surface area contributed by atoms with Gasteiger partial charge in [0, 0.05) is 13.1 Å². The first kappa shape index (κ1) is 23.5. The van der Waals surface area contributed by atoms with Crippen LogP contribution in [0.3, 0.4) is 0 Å². The second kappa shape index (κ2) is 10.9. The number of benzene rings is 2. The highest BCUT2D eigenvalue weighted by Crippen LogP contribution is 2.19. The normalized spacial score (nSPS) is 13.2. The molecule has 0 aromatic heterocycles. The van der Waals surface area contributed by atoms with Gasteiger partial charge < -0.3 is 20.5 Å². The zero-order valence-electron chi connectivity index (χ0n) is 16.3. The Morgan fingerprint density at radius 2 is 1.90 bits per heavy atom. The molecule has 8 nitrogen and oxygen atoms in total. The van der Waals surface area contributed by atoms with Crippen LogP contribution in [0.25, 0.3) is 0 Å². The van der Waals surface area contributed by atoms with Gasteiger partial charge in [-0.1, -0.05) is 24.3 Å². The number of hydrogen-bond donors (Lipinski definition) is 4. The van der Waals surface area contributed by atoms with E-state index in [9.17, 15) is 22.3 Å². The lowest BCUT2D eigenvalue weighted by Crippen LogP contribution is -2.39. The smallest absolute Gasteiger partial charge is 0.387 e. The lowest BCUT2D eigenvalue weighted by molar-refractivity contribution is -0.0498. The minimum atomic E-state index is -3.80. The molecule has 0 amide bonds. The summed E-state index contributed by atoms with van der Waals surface area (Å²) in [6, 6.07) is 11.8. The maximum Gasteiger partial charge on any atom is 0.387 e. The number of sulfonamides is 1. The summed E-state index contributed by atoms with van der Waals surface area (Å²) in [5.41, 5.74) is 1.16. The van der Waals surface area contributed by atoms with E-state index < -0.39 is 22.7 Å². The number of nitrogens with one attached hydrogen (secondary N) is 2. The largest absolute Gasteiger partial charge is 0.435 e. The SMILES string of the molecule is CCNC(=NCc1cccc(S(N)(=O)=O)c1)NCC(O)c1ccc(OC(F)F)cc1. The third-order valence-corrected chi connectivity index (χ3v) is 4.85. The Kier molecular flexibility index (Phi) is 8.51. The quantitative estimate of drug-likeness (QED) is 0.346. The minimum absolute atomic E-state index is 0.00264. The molecule has 164 valence electrons. The zero-order chi connectivity index (χ0) is 22.1. The van der Waals surface area contributed by atoms with Gasteiger partial charge in [0.1, 0.15) is 5.75 Å². The summed E-state index contributed by atoms with van der Waals surface area (Å²) < 4.78 is 51.6. The predicted molar refractivity (Wildman–Crippen MR) is 109 cm³/mol. The highest BCUT2D eigenvalue weighted by molar-refractivity contribution is 7.89. The van der Waals surface area contributed by atoms with Gasteiger partial charge in [-0.2, -0.15) is 8.78 Å². The first-order valence-corrected chi connectivity index (χ1v) is 10.6. The number of aliphatic hydroxyl groups is 1. The Balaban J connectivity index is 1.99. The molecule has 0 fully saturated rings. The van der Waals surface area contributed by atoms with Crippen LogP contribution >= 0.6 is 0 Å². The number of aliphatic hydroxyl groups excluding tert-OH is 1. The molecule has 1 atom stereocenters. The van der Waals surface area contributed by atoms with E-state index in [1.807, 2.05) is 6.92 Å². The molecule has 0 aliphatic heterocycles. The monoisotopic (exact) mass is 442 g/mol. The Hall–Kier alpha value is -2.76. The molecule has 11 heteroatoms. The van der Waals surface area contributed by atoms with E-state index in [1.54, 1.807) is 12.1 Å². The predicted octanol–water partition coefficient (Wildman–Crippen LogP) is 1.72. The van der Waals surface area contributed by atoms with E-state index in [2.05, 4.69) is 20.4 Å². The van der Waals surface area contributed by atoms with Crippen LogP contribution in [0.15, 0.2) is 58.4 Å². The average molecular weight is 442 g/mol. The van der Waals surface area contributed by atoms with Crippen molar-refractivity contribution in [2.45, 2.75) is 31.1 Å². The second-order valence-electron chi connectivity index (χ2n) is 6.23. The fourth-order valence-corrected chi connectivity index (χ4v) is 3.10. The van der Waals surface area contributed by atoms with Gasteiger partial charge in [0.15, 0.2) is 5.96 Å². The molecular weight excluding hydrogens is 418 g/mol. The summed E-state index contributed by atoms with van der Waals surface area (Å²) in [6.07, 6.45) is -0.917. The minimum Gasteiger partial charge on any atom is -0.435 e. The highest BCUT2D eigenvalue weighted by atomic mass is 32.2. The summed E-state index contributed by atoms with van der Waals surface area (Å²) >= 11 is 0. The van der Waals surface area contributed by atoms with E-state index in [4.69, 9.17) is 5.14 Å². The number of guanidine groups is 1. The van der Waals surface area contributed by atoms with Gasteiger partial charge in [-0.3, -0.25) is 0 Å². The molecule has 0 heterocycles. The van der Waals surface area contributed by atoms with Gasteiger partial charge in [-0.15, -0.1) is 0 Å². The van der Waals surface area contributed by atoms with Gasteiger partial charge in [0.05, 0.1) is 17.5 Å². The molecular formula is C19H24F2N4O4S. The van der Waals surface area contributed by atoms with Crippen molar-refractivity contribution in [3.8, 4) is 5.75 Å². The van der Waals surface area contributed by atoms with Crippen molar-refractivity contribution in [3.63, 3.8) is 0 Å². The van der Waals surface area contributed by atoms with Crippen molar-refractivity contribution in [1.82, 2.24) is 10.6 Å². The number of aliphatic imine (C=N–C) groups is 1. The standard InChI is InChI=1S/C19H24F2N4O4S/c1-2-23-19(24-11-13-4-3-5-16(10-13)30(22,27)28)25-12-17(26)14-6-8-15(9-7-14)29-18(20)21/h3-10,17-18,26H,2,11-12H2,1H3,(H2,22,27,28)(H2,23,24,25). The number of ether oxygens (including phenoxy) is 1. The number of nitrogens with two attached hydrogens (primary N) is 1. The highest BCUT2D eigenvalue weighted by Gasteiger charge is 2.11. The van der Waals surface area contributed by atoms with E-state index in [1.165, 1.54) is 36.4 Å². The second-order valence-corrected chi connectivity index (χ2v) is 7.79. The maximum absolute atomic E-state index is 12.2. The van der Waals surface area contributed by atoms with Gasteiger partial charge in [-0.25, -0.2) is 18.5 Å². The fraction of sp³-hybridized carbons (Fsp3) is 0.316. The zero-order valence-corrected chi connectivity index (χ0v) is 17.1. The molecule has 2 aromatic carbocycles. The maximum atomic E-state index is 12.2. The van der Waals surface area contributed by atoms with Crippen molar-refractivity contribution in [1.29, 1.82) is 0 Å². The summed E-state index contributed by atoms with van der Waals surface area (Å²) in [6.45, 7) is -0.172.